The van der Waals surface area contributed by atoms with E-state index < -0.39 is 11.7 Å². The molecule has 2 aromatic rings. The van der Waals surface area contributed by atoms with Crippen LogP contribution in [0.2, 0.25) is 0 Å². The average Bonchev–Trinajstić information content (AvgIpc) is 2.83. The Morgan fingerprint density at radius 2 is 1.43 bits per heavy atom. The van der Waals surface area contributed by atoms with Gasteiger partial charge in [0, 0.05) is 26.2 Å². The van der Waals surface area contributed by atoms with Gasteiger partial charge in [0.2, 0.25) is 0 Å². The third kappa shape index (κ3) is 7.99. The lowest BCUT2D eigenvalue weighted by atomic mass is 9.91. The molecule has 0 aliphatic carbocycles. The highest BCUT2D eigenvalue weighted by Crippen LogP contribution is 2.35. The second-order valence-electron chi connectivity index (χ2n) is 10.4. The summed E-state index contributed by atoms with van der Waals surface area (Å²) in [4.78, 5) is 29.5. The molecule has 1 heterocycles. The van der Waals surface area contributed by atoms with Crippen molar-refractivity contribution in [1.29, 1.82) is 0 Å². The minimum absolute atomic E-state index is 0.133. The van der Waals surface area contributed by atoms with Gasteiger partial charge in [0.25, 0.3) is 0 Å². The van der Waals surface area contributed by atoms with Gasteiger partial charge in [-0.3, -0.25) is 4.90 Å². The van der Waals surface area contributed by atoms with Crippen LogP contribution in [-0.4, -0.2) is 60.4 Å². The average molecular weight is 482 g/mol. The number of alkyl carbamates (subject to hydrolysis) is 1. The largest absolute Gasteiger partial charge is 0.449 e. The number of benzene rings is 2. The zero-order chi connectivity index (χ0) is 25.4. The van der Waals surface area contributed by atoms with E-state index in [-0.39, 0.29) is 24.1 Å². The van der Waals surface area contributed by atoms with Crippen molar-refractivity contribution in [1.82, 2.24) is 15.1 Å². The fraction of sp³-hybridized carbons (Fsp3) is 0.500. The van der Waals surface area contributed by atoms with E-state index in [1.807, 2.05) is 83.1 Å². The van der Waals surface area contributed by atoms with Gasteiger partial charge in [-0.25, -0.2) is 9.59 Å². The number of rotatable bonds is 7. The molecule has 7 heteroatoms. The summed E-state index contributed by atoms with van der Waals surface area (Å²) in [6.07, 6.45) is -0.718. The first-order chi connectivity index (χ1) is 16.6. The summed E-state index contributed by atoms with van der Waals surface area (Å²) in [6.45, 7) is 12.4. The van der Waals surface area contributed by atoms with Gasteiger partial charge in [0.05, 0.1) is 18.7 Å². The molecule has 3 rings (SSSR count). The Hall–Kier alpha value is -3.06. The summed E-state index contributed by atoms with van der Waals surface area (Å²) in [5, 5.41) is 3.14. The van der Waals surface area contributed by atoms with E-state index in [1.165, 1.54) is 0 Å². The Morgan fingerprint density at radius 3 is 1.94 bits per heavy atom. The maximum atomic E-state index is 12.8. The molecule has 1 fully saturated rings. The van der Waals surface area contributed by atoms with Crippen LogP contribution in [0.3, 0.4) is 0 Å². The number of carbonyl (C=O) groups is 2. The lowest BCUT2D eigenvalue weighted by molar-refractivity contribution is 0.00780. The van der Waals surface area contributed by atoms with Crippen molar-refractivity contribution < 1.29 is 19.1 Å². The lowest BCUT2D eigenvalue weighted by Crippen LogP contribution is -2.52. The molecule has 1 aliphatic heterocycles. The molecule has 0 saturated carbocycles. The van der Waals surface area contributed by atoms with Crippen molar-refractivity contribution in [2.75, 3.05) is 32.8 Å². The predicted octanol–water partition coefficient (Wildman–Crippen LogP) is 5.40. The van der Waals surface area contributed by atoms with Gasteiger partial charge in [-0.15, -0.1) is 0 Å². The van der Waals surface area contributed by atoms with Crippen LogP contribution in [0.25, 0.3) is 0 Å². The number of nitrogens with one attached hydrogen (secondary N) is 1. The van der Waals surface area contributed by atoms with Crippen molar-refractivity contribution in [2.24, 2.45) is 5.92 Å². The Balaban J connectivity index is 1.85. The molecule has 1 saturated heterocycles. The first-order valence-corrected chi connectivity index (χ1v) is 12.4. The second-order valence-corrected chi connectivity index (χ2v) is 10.4. The normalized spacial score (nSPS) is 16.5. The maximum absolute atomic E-state index is 12.8. The highest BCUT2D eigenvalue weighted by molar-refractivity contribution is 5.68. The Labute approximate surface area is 209 Å². The quantitative estimate of drug-likeness (QED) is 0.573. The van der Waals surface area contributed by atoms with Gasteiger partial charge in [-0.2, -0.15) is 0 Å². The number of hydrogen-bond acceptors (Lipinski definition) is 5. The van der Waals surface area contributed by atoms with Crippen molar-refractivity contribution in [2.45, 2.75) is 52.3 Å². The van der Waals surface area contributed by atoms with Crippen LogP contribution in [-0.2, 0) is 9.47 Å². The molecule has 0 spiro atoms. The van der Waals surface area contributed by atoms with Crippen LogP contribution < -0.4 is 5.32 Å². The monoisotopic (exact) mass is 481 g/mol. The van der Waals surface area contributed by atoms with E-state index in [0.717, 1.165) is 11.1 Å². The molecule has 2 aromatic carbocycles. The molecule has 35 heavy (non-hydrogen) atoms. The highest BCUT2D eigenvalue weighted by atomic mass is 16.6. The summed E-state index contributed by atoms with van der Waals surface area (Å²) in [6, 6.07) is 19.7. The molecule has 190 valence electrons. The Bertz CT molecular complexity index is 936. The van der Waals surface area contributed by atoms with Gasteiger partial charge >= 0.3 is 12.2 Å². The van der Waals surface area contributed by atoms with Crippen LogP contribution >= 0.6 is 0 Å². The highest BCUT2D eigenvalue weighted by Gasteiger charge is 2.35. The van der Waals surface area contributed by atoms with Crippen molar-refractivity contribution in [3.05, 3.63) is 71.8 Å². The maximum Gasteiger partial charge on any atom is 0.410 e. The molecule has 0 radical (unpaired) electrons. The summed E-state index contributed by atoms with van der Waals surface area (Å²) in [5.41, 5.74) is 1.56. The number of nitrogens with zero attached hydrogens (tertiary/aromatic N) is 2. The van der Waals surface area contributed by atoms with Gasteiger partial charge in [0.1, 0.15) is 5.60 Å². The van der Waals surface area contributed by atoms with Crippen molar-refractivity contribution in [3.8, 4) is 0 Å². The van der Waals surface area contributed by atoms with E-state index in [0.29, 0.717) is 32.8 Å². The van der Waals surface area contributed by atoms with Gasteiger partial charge in [0.15, 0.2) is 0 Å². The summed E-state index contributed by atoms with van der Waals surface area (Å²) in [7, 11) is 0. The second kappa shape index (κ2) is 12.1. The fourth-order valence-electron chi connectivity index (χ4n) is 4.19. The van der Waals surface area contributed by atoms with Crippen LogP contribution in [0, 0.1) is 5.92 Å². The van der Waals surface area contributed by atoms with E-state index in [2.05, 4.69) is 22.3 Å². The van der Waals surface area contributed by atoms with Gasteiger partial charge in [-0.1, -0.05) is 74.5 Å². The third-order valence-corrected chi connectivity index (χ3v) is 5.80. The van der Waals surface area contributed by atoms with Gasteiger partial charge < -0.3 is 19.7 Å². The summed E-state index contributed by atoms with van der Waals surface area (Å²) in [5.74, 6) is 0.252. The van der Waals surface area contributed by atoms with Crippen LogP contribution in [0.5, 0.6) is 0 Å². The first-order valence-electron chi connectivity index (χ1n) is 12.4. The van der Waals surface area contributed by atoms with Crippen LogP contribution in [0.1, 0.15) is 57.8 Å². The molecule has 2 atom stereocenters. The fourth-order valence-corrected chi connectivity index (χ4v) is 4.19. The van der Waals surface area contributed by atoms with Crippen molar-refractivity contribution in [3.63, 3.8) is 0 Å². The number of amides is 2. The topological polar surface area (TPSA) is 71.1 Å². The SMILES string of the molecule is CC(C)COC(=O)N[C@H](c1ccccc1)[C@H](c1ccccc1)N1CCN(C(=O)OC(C)(C)C)CC1. The van der Waals surface area contributed by atoms with E-state index >= 15 is 0 Å². The molecular weight excluding hydrogens is 442 g/mol. The summed E-state index contributed by atoms with van der Waals surface area (Å²) < 4.78 is 11.1. The molecule has 0 bridgehead atoms. The number of piperazine rings is 1. The van der Waals surface area contributed by atoms with Crippen LogP contribution in [0.4, 0.5) is 9.59 Å². The number of ether oxygens (including phenoxy) is 2. The first kappa shape index (κ1) is 26.5. The number of hydrogen-bond donors (Lipinski definition) is 1. The third-order valence-electron chi connectivity index (χ3n) is 5.80. The Kier molecular flexibility index (Phi) is 9.15. The molecule has 1 N–H and O–H groups in total. The predicted molar refractivity (Wildman–Crippen MR) is 137 cm³/mol. The van der Waals surface area contributed by atoms with E-state index in [1.54, 1.807) is 4.90 Å². The molecule has 1 aliphatic rings. The Morgan fingerprint density at radius 1 is 0.886 bits per heavy atom. The van der Waals surface area contributed by atoms with Crippen molar-refractivity contribution >= 4 is 12.2 Å². The molecule has 0 aromatic heterocycles. The standard InChI is InChI=1S/C28H39N3O4/c1-21(2)20-34-26(32)29-24(22-12-8-6-9-13-22)25(23-14-10-7-11-15-23)30-16-18-31(19-17-30)27(33)35-28(3,4)5/h6-15,21,24-25H,16-20H2,1-5H3,(H,29,32)/t24-,25+/m1/s1. The smallest absolute Gasteiger partial charge is 0.410 e. The lowest BCUT2D eigenvalue weighted by Gasteiger charge is -2.42. The molecule has 7 nitrogen and oxygen atoms in total. The van der Waals surface area contributed by atoms with Gasteiger partial charge in [-0.05, 0) is 37.8 Å². The zero-order valence-electron chi connectivity index (χ0n) is 21.6. The van der Waals surface area contributed by atoms with E-state index in [9.17, 15) is 9.59 Å². The zero-order valence-corrected chi connectivity index (χ0v) is 21.6. The number of carbonyl (C=O) groups excluding carboxylic acids is 2. The van der Waals surface area contributed by atoms with E-state index in [4.69, 9.17) is 9.47 Å². The molecule has 2 amide bonds. The van der Waals surface area contributed by atoms with Crippen LogP contribution in [0.15, 0.2) is 60.7 Å². The molecular formula is C28H39N3O4. The minimum atomic E-state index is -0.528. The summed E-state index contributed by atoms with van der Waals surface area (Å²) >= 11 is 0. The molecule has 0 unspecified atom stereocenters. The minimum Gasteiger partial charge on any atom is -0.449 e.